The van der Waals surface area contributed by atoms with Gasteiger partial charge in [0, 0.05) is 38.5 Å². The zero-order valence-electron chi connectivity index (χ0n) is 14.7. The number of aromatic nitrogens is 1. The second-order valence-corrected chi connectivity index (χ2v) is 8.54. The van der Waals surface area contributed by atoms with Crippen molar-refractivity contribution in [1.82, 2.24) is 4.98 Å². The molecule has 0 bridgehead atoms. The summed E-state index contributed by atoms with van der Waals surface area (Å²) in [6.07, 6.45) is 0. The van der Waals surface area contributed by atoms with Crippen molar-refractivity contribution < 1.29 is 13.0 Å². The van der Waals surface area contributed by atoms with Crippen LogP contribution in [0.1, 0.15) is 12.5 Å². The molecular weight excluding hydrogens is 354 g/mol. The van der Waals surface area contributed by atoms with Gasteiger partial charge in [0.15, 0.2) is 0 Å². The van der Waals surface area contributed by atoms with E-state index in [4.69, 9.17) is 0 Å². The minimum Gasteiger partial charge on any atom is -0.359 e. The highest BCUT2D eigenvalue weighted by Crippen LogP contribution is 2.39. The fourth-order valence-corrected chi connectivity index (χ4v) is 4.19. The Morgan fingerprint density at radius 1 is 1.15 bits per heavy atom. The maximum absolute atomic E-state index is 13.4. The molecule has 1 saturated heterocycles. The quantitative estimate of drug-likeness (QED) is 0.717. The fraction of sp³-hybridized carbons (Fsp3) is 0.300. The van der Waals surface area contributed by atoms with Gasteiger partial charge in [0.1, 0.15) is 0 Å². The van der Waals surface area contributed by atoms with Crippen molar-refractivity contribution in [3.8, 4) is 11.3 Å². The summed E-state index contributed by atoms with van der Waals surface area (Å²) in [5, 5.41) is 1.06. The van der Waals surface area contributed by atoms with Crippen molar-refractivity contribution in [3.05, 3.63) is 48.0 Å². The predicted octanol–water partition coefficient (Wildman–Crippen LogP) is 4.73. The molecule has 6 heteroatoms. The van der Waals surface area contributed by atoms with Gasteiger partial charge in [-0.2, -0.15) is 0 Å². The molecule has 136 valence electrons. The summed E-state index contributed by atoms with van der Waals surface area (Å²) in [5.41, 5.74) is 4.56. The molecule has 1 aliphatic rings. The fourth-order valence-electron chi connectivity index (χ4n) is 3.38. The molecule has 1 unspecified atom stereocenters. The summed E-state index contributed by atoms with van der Waals surface area (Å²) in [6, 6.07) is 13.6. The van der Waals surface area contributed by atoms with Crippen LogP contribution in [0.15, 0.2) is 47.4 Å². The van der Waals surface area contributed by atoms with Gasteiger partial charge in [-0.15, -0.1) is 0 Å². The molecule has 1 aliphatic heterocycles. The van der Waals surface area contributed by atoms with Crippen LogP contribution in [0.2, 0.25) is 0 Å². The van der Waals surface area contributed by atoms with E-state index in [1.54, 1.807) is 11.0 Å². The second kappa shape index (κ2) is 6.20. The first kappa shape index (κ1) is 17.2. The first-order valence-electron chi connectivity index (χ1n) is 8.61. The van der Waals surface area contributed by atoms with Crippen LogP contribution < -0.4 is 4.90 Å². The monoisotopic (exact) mass is 374 g/mol. The lowest BCUT2D eigenvalue weighted by atomic mass is 10.0. The maximum atomic E-state index is 13.4. The number of aromatic amines is 1. The Bertz CT molecular complexity index is 1000. The number of benzene rings is 2. The van der Waals surface area contributed by atoms with Crippen LogP contribution in [-0.2, 0) is 10.8 Å². The summed E-state index contributed by atoms with van der Waals surface area (Å²) in [5.74, 6) is -2.12. The van der Waals surface area contributed by atoms with Gasteiger partial charge < -0.3 is 9.88 Å². The van der Waals surface area contributed by atoms with Crippen molar-refractivity contribution in [1.29, 1.82) is 0 Å². The smallest absolute Gasteiger partial charge is 0.282 e. The number of aryl methyl sites for hydroxylation is 1. The summed E-state index contributed by atoms with van der Waals surface area (Å²) >= 11 is 0. The molecule has 0 saturated carbocycles. The number of nitrogens with one attached hydrogen (secondary N) is 1. The van der Waals surface area contributed by atoms with Crippen molar-refractivity contribution in [2.75, 3.05) is 23.7 Å². The number of H-pyrrole nitrogens is 1. The lowest BCUT2D eigenvalue weighted by Gasteiger charge is -2.41. The van der Waals surface area contributed by atoms with Crippen molar-refractivity contribution in [3.63, 3.8) is 0 Å². The largest absolute Gasteiger partial charge is 0.359 e. The molecule has 0 spiro atoms. The molecule has 3 aromatic rings. The molecular formula is C20H20F2N2OS. The van der Waals surface area contributed by atoms with Gasteiger partial charge >= 0.3 is 0 Å². The van der Waals surface area contributed by atoms with Gasteiger partial charge in [0.2, 0.25) is 0 Å². The highest BCUT2D eigenvalue weighted by molar-refractivity contribution is 7.85. The van der Waals surface area contributed by atoms with Gasteiger partial charge in [-0.1, -0.05) is 19.1 Å². The van der Waals surface area contributed by atoms with E-state index in [2.05, 4.69) is 11.1 Å². The molecule has 0 amide bonds. The molecule has 0 radical (unpaired) electrons. The van der Waals surface area contributed by atoms with Gasteiger partial charge in [-0.25, -0.2) is 8.78 Å². The number of nitrogens with zero attached hydrogens (tertiary/aromatic N) is 1. The van der Waals surface area contributed by atoms with Gasteiger partial charge in [0.25, 0.3) is 5.92 Å². The van der Waals surface area contributed by atoms with E-state index in [0.29, 0.717) is 10.6 Å². The second-order valence-electron chi connectivity index (χ2n) is 6.80. The van der Waals surface area contributed by atoms with Crippen LogP contribution >= 0.6 is 0 Å². The summed E-state index contributed by atoms with van der Waals surface area (Å²) < 4.78 is 39.0. The van der Waals surface area contributed by atoms with E-state index in [9.17, 15) is 13.0 Å². The Labute approximate surface area is 153 Å². The topological polar surface area (TPSA) is 36.1 Å². The SMILES string of the molecule is CCS(=O)c1ccc(N2CC(F)(F)C2)c(-c2cc3ccc(C)cc3[nH]2)c1. The van der Waals surface area contributed by atoms with Crippen molar-refractivity contribution >= 4 is 27.4 Å². The van der Waals surface area contributed by atoms with Crippen LogP contribution in [-0.4, -0.2) is 34.0 Å². The van der Waals surface area contributed by atoms with Crippen LogP contribution in [0, 0.1) is 6.92 Å². The number of anilines is 1. The lowest BCUT2D eigenvalue weighted by molar-refractivity contribution is -0.0262. The molecule has 3 nitrogen and oxygen atoms in total. The summed E-state index contributed by atoms with van der Waals surface area (Å²) in [4.78, 5) is 5.78. The molecule has 1 N–H and O–H groups in total. The van der Waals surface area contributed by atoms with Crippen LogP contribution in [0.3, 0.4) is 0 Å². The normalized spacial score (nSPS) is 17.3. The number of hydrogen-bond acceptors (Lipinski definition) is 2. The van der Waals surface area contributed by atoms with Crippen LogP contribution in [0.4, 0.5) is 14.5 Å². The average Bonchev–Trinajstić information content (AvgIpc) is 3.01. The minimum absolute atomic E-state index is 0.282. The molecule has 2 aromatic carbocycles. The van der Waals surface area contributed by atoms with E-state index in [-0.39, 0.29) is 13.1 Å². The van der Waals surface area contributed by atoms with Gasteiger partial charge in [-0.05, 0) is 42.8 Å². The van der Waals surface area contributed by atoms with E-state index in [0.717, 1.165) is 33.4 Å². The molecule has 4 rings (SSSR count). The molecule has 2 heterocycles. The minimum atomic E-state index is -2.64. The maximum Gasteiger partial charge on any atom is 0.282 e. The number of alkyl halides is 2. The summed E-state index contributed by atoms with van der Waals surface area (Å²) in [7, 11) is -1.10. The molecule has 26 heavy (non-hydrogen) atoms. The Hall–Kier alpha value is -2.21. The third kappa shape index (κ3) is 3.03. The summed E-state index contributed by atoms with van der Waals surface area (Å²) in [6.45, 7) is 3.33. The van der Waals surface area contributed by atoms with Crippen molar-refractivity contribution in [2.24, 2.45) is 0 Å². The zero-order chi connectivity index (χ0) is 18.5. The van der Waals surface area contributed by atoms with Crippen molar-refractivity contribution in [2.45, 2.75) is 24.7 Å². The Morgan fingerprint density at radius 3 is 2.62 bits per heavy atom. The third-order valence-corrected chi connectivity index (χ3v) is 6.05. The number of hydrogen-bond donors (Lipinski definition) is 1. The van der Waals surface area contributed by atoms with Crippen LogP contribution in [0.5, 0.6) is 0 Å². The lowest BCUT2D eigenvalue weighted by Crippen LogP contribution is -2.56. The number of fused-ring (bicyclic) bond motifs is 1. The Kier molecular flexibility index (Phi) is 4.10. The molecule has 1 aromatic heterocycles. The first-order chi connectivity index (χ1) is 12.4. The highest BCUT2D eigenvalue weighted by Gasteiger charge is 2.44. The van der Waals surface area contributed by atoms with E-state index >= 15 is 0 Å². The number of rotatable bonds is 4. The van der Waals surface area contributed by atoms with Crippen LogP contribution in [0.25, 0.3) is 22.2 Å². The Balaban J connectivity index is 1.83. The van der Waals surface area contributed by atoms with E-state index < -0.39 is 16.7 Å². The highest BCUT2D eigenvalue weighted by atomic mass is 32.2. The number of halogens is 2. The predicted molar refractivity (Wildman–Crippen MR) is 103 cm³/mol. The molecule has 0 aliphatic carbocycles. The van der Waals surface area contributed by atoms with E-state index in [1.807, 2.05) is 44.2 Å². The average molecular weight is 374 g/mol. The third-order valence-electron chi connectivity index (χ3n) is 4.75. The van der Waals surface area contributed by atoms with E-state index in [1.165, 1.54) is 0 Å². The first-order valence-corrected chi connectivity index (χ1v) is 9.93. The molecule has 1 fully saturated rings. The van der Waals surface area contributed by atoms with Gasteiger partial charge in [0.05, 0.1) is 23.9 Å². The Morgan fingerprint density at radius 2 is 1.92 bits per heavy atom. The molecule has 1 atom stereocenters. The van der Waals surface area contributed by atoms with Gasteiger partial charge in [-0.3, -0.25) is 4.21 Å². The standard InChI is InChI=1S/C20H20F2N2OS/c1-3-26(25)15-6-7-19(24-11-20(21,22)12-24)16(10-15)18-9-14-5-4-13(2)8-17(14)23-18/h4-10,23H,3,11-12H2,1-2H3. The zero-order valence-corrected chi connectivity index (χ0v) is 15.5.